The Hall–Kier alpha value is -2.89. The Balaban J connectivity index is 1.43. The molecule has 1 fully saturated rings. The van der Waals surface area contributed by atoms with Gasteiger partial charge < -0.3 is 4.74 Å². The summed E-state index contributed by atoms with van der Waals surface area (Å²) in [4.78, 5) is 0. The quantitative estimate of drug-likeness (QED) is 0.250. The summed E-state index contributed by atoms with van der Waals surface area (Å²) in [5.41, 5.74) is 1.93. The molecule has 0 bridgehead atoms. The Morgan fingerprint density at radius 3 is 2.03 bits per heavy atom. The maximum Gasteiger partial charge on any atom is 0.416 e. The summed E-state index contributed by atoms with van der Waals surface area (Å²) in [5.74, 6) is -0.924. The summed E-state index contributed by atoms with van der Waals surface area (Å²) in [6.07, 6.45) is 6.93. The Bertz CT molecular complexity index is 1190. The molecule has 1 saturated carbocycles. The van der Waals surface area contributed by atoms with Crippen LogP contribution in [0.5, 0.6) is 11.5 Å². The molecule has 3 aromatic carbocycles. The molecule has 1 nitrogen and oxygen atoms in total. The number of hydrogen-bond donors (Lipinski definition) is 0. The van der Waals surface area contributed by atoms with Crippen molar-refractivity contribution in [2.24, 2.45) is 11.8 Å². The van der Waals surface area contributed by atoms with Gasteiger partial charge in [-0.25, -0.2) is 4.39 Å². The minimum atomic E-state index is -4.49. The smallest absolute Gasteiger partial charge is 0.416 e. The van der Waals surface area contributed by atoms with Crippen molar-refractivity contribution in [3.63, 3.8) is 0 Å². The van der Waals surface area contributed by atoms with Gasteiger partial charge in [0.05, 0.1) is 5.56 Å². The maximum atomic E-state index is 14.7. The molecule has 1 aliphatic carbocycles. The van der Waals surface area contributed by atoms with Crippen molar-refractivity contribution in [2.45, 2.75) is 77.8 Å². The molecule has 0 radical (unpaired) electrons. The minimum Gasteiger partial charge on any atom is -0.454 e. The lowest BCUT2D eigenvalue weighted by molar-refractivity contribution is -0.137. The highest BCUT2D eigenvalue weighted by molar-refractivity contribution is 5.70. The van der Waals surface area contributed by atoms with Crippen LogP contribution >= 0.6 is 0 Å². The van der Waals surface area contributed by atoms with Crippen LogP contribution in [0.25, 0.3) is 11.1 Å². The Morgan fingerprint density at radius 2 is 1.45 bits per heavy atom. The van der Waals surface area contributed by atoms with E-state index in [1.807, 2.05) is 24.3 Å². The lowest BCUT2D eigenvalue weighted by atomic mass is 9.78. The van der Waals surface area contributed by atoms with Crippen molar-refractivity contribution in [3.8, 4) is 22.6 Å². The number of aryl methyl sites for hydroxylation is 1. The minimum absolute atomic E-state index is 0.00806. The second-order valence-corrected chi connectivity index (χ2v) is 10.6. The predicted molar refractivity (Wildman–Crippen MR) is 141 cm³/mol. The average Bonchev–Trinajstić information content (AvgIpc) is 2.91. The number of benzene rings is 3. The van der Waals surface area contributed by atoms with E-state index in [9.17, 15) is 22.0 Å². The monoisotopic (exact) mass is 530 g/mol. The zero-order chi connectivity index (χ0) is 27.3. The number of unbranched alkanes of at least 4 members (excludes halogenated alkanes) is 1. The van der Waals surface area contributed by atoms with E-state index in [0.717, 1.165) is 60.6 Å². The van der Waals surface area contributed by atoms with Gasteiger partial charge in [0.1, 0.15) is 5.75 Å². The summed E-state index contributed by atoms with van der Waals surface area (Å²) in [6.45, 7) is 3.86. The molecule has 0 saturated heterocycles. The molecular weight excluding hydrogens is 495 g/mol. The predicted octanol–water partition coefficient (Wildman–Crippen LogP) is 10.7. The number of ether oxygens (including phenoxy) is 1. The van der Waals surface area contributed by atoms with Gasteiger partial charge in [-0.15, -0.1) is 0 Å². The van der Waals surface area contributed by atoms with Crippen LogP contribution in [0, 0.1) is 30.4 Å². The van der Waals surface area contributed by atoms with E-state index in [1.54, 1.807) is 6.92 Å². The third-order valence-electron chi connectivity index (χ3n) is 7.86. The topological polar surface area (TPSA) is 9.23 Å². The van der Waals surface area contributed by atoms with Crippen LogP contribution in [0.15, 0.2) is 54.6 Å². The lowest BCUT2D eigenvalue weighted by Crippen LogP contribution is -2.15. The van der Waals surface area contributed by atoms with Crippen LogP contribution in [0.2, 0.25) is 0 Å². The molecule has 6 heteroatoms. The van der Waals surface area contributed by atoms with Crippen molar-refractivity contribution < 1.29 is 26.7 Å². The maximum absolute atomic E-state index is 14.7. The van der Waals surface area contributed by atoms with Crippen LogP contribution in [0.1, 0.15) is 75.0 Å². The molecule has 204 valence electrons. The largest absolute Gasteiger partial charge is 0.454 e. The van der Waals surface area contributed by atoms with E-state index in [1.165, 1.54) is 50.5 Å². The zero-order valence-electron chi connectivity index (χ0n) is 22.0. The molecule has 0 N–H and O–H groups in total. The fraction of sp³-hybridized carbons (Fsp3) is 0.438. The standard InChI is InChI=1S/C32H35F5O/c1-3-4-5-22-6-8-23(9-7-22)10-11-24-12-14-25(15-13-24)28-20-29(33)30(34)31(21(28)2)38-27-18-16-26(17-19-27)32(35,36)37/h12-20,22-23H,3-11H2,1-2H3/t22-,23-. The van der Waals surface area contributed by atoms with Crippen molar-refractivity contribution >= 4 is 0 Å². The molecule has 1 aliphatic rings. The van der Waals surface area contributed by atoms with Crippen LogP contribution in [-0.2, 0) is 12.6 Å². The van der Waals surface area contributed by atoms with E-state index in [2.05, 4.69) is 6.92 Å². The van der Waals surface area contributed by atoms with E-state index >= 15 is 0 Å². The Kier molecular flexibility index (Phi) is 9.11. The normalized spacial score (nSPS) is 18.0. The van der Waals surface area contributed by atoms with E-state index in [-0.39, 0.29) is 11.5 Å². The molecule has 0 heterocycles. The Morgan fingerprint density at radius 1 is 0.842 bits per heavy atom. The zero-order valence-corrected chi connectivity index (χ0v) is 22.0. The van der Waals surface area contributed by atoms with Gasteiger partial charge in [-0.1, -0.05) is 76.1 Å². The highest BCUT2D eigenvalue weighted by Crippen LogP contribution is 2.38. The fourth-order valence-corrected chi connectivity index (χ4v) is 5.47. The van der Waals surface area contributed by atoms with Crippen LogP contribution in [-0.4, -0.2) is 0 Å². The third-order valence-corrected chi connectivity index (χ3v) is 7.86. The molecule has 0 atom stereocenters. The van der Waals surface area contributed by atoms with Gasteiger partial charge in [0.25, 0.3) is 0 Å². The molecule has 0 aliphatic heterocycles. The third kappa shape index (κ3) is 6.95. The molecule has 3 aromatic rings. The van der Waals surface area contributed by atoms with Crippen LogP contribution in [0.4, 0.5) is 22.0 Å². The van der Waals surface area contributed by atoms with Gasteiger partial charge >= 0.3 is 6.18 Å². The average molecular weight is 531 g/mol. The van der Waals surface area contributed by atoms with E-state index in [4.69, 9.17) is 4.74 Å². The summed E-state index contributed by atoms with van der Waals surface area (Å²) < 4.78 is 73.2. The molecule has 0 spiro atoms. The van der Waals surface area contributed by atoms with E-state index in [0.29, 0.717) is 11.1 Å². The first-order chi connectivity index (χ1) is 18.2. The second-order valence-electron chi connectivity index (χ2n) is 10.6. The van der Waals surface area contributed by atoms with Crippen molar-refractivity contribution in [2.75, 3.05) is 0 Å². The highest BCUT2D eigenvalue weighted by atomic mass is 19.4. The summed E-state index contributed by atoms with van der Waals surface area (Å²) in [7, 11) is 0. The SMILES string of the molecule is CCCC[C@H]1CC[C@H](CCc2ccc(-c3cc(F)c(F)c(Oc4ccc(C(F)(F)F)cc4)c3C)cc2)CC1. The van der Waals surface area contributed by atoms with Crippen molar-refractivity contribution in [1.29, 1.82) is 0 Å². The molecule has 38 heavy (non-hydrogen) atoms. The molecule has 0 amide bonds. The van der Waals surface area contributed by atoms with Gasteiger partial charge in [0.15, 0.2) is 11.6 Å². The summed E-state index contributed by atoms with van der Waals surface area (Å²) in [6, 6.07) is 12.9. The summed E-state index contributed by atoms with van der Waals surface area (Å²) >= 11 is 0. The number of rotatable bonds is 9. The van der Waals surface area contributed by atoms with Gasteiger partial charge in [-0.05, 0) is 78.6 Å². The molecule has 4 rings (SSSR count). The van der Waals surface area contributed by atoms with Crippen LogP contribution in [0.3, 0.4) is 0 Å². The van der Waals surface area contributed by atoms with Crippen molar-refractivity contribution in [1.82, 2.24) is 0 Å². The molecular formula is C32H35F5O. The van der Waals surface area contributed by atoms with Gasteiger partial charge in [-0.2, -0.15) is 17.6 Å². The fourth-order valence-electron chi connectivity index (χ4n) is 5.47. The molecule has 0 unspecified atom stereocenters. The van der Waals surface area contributed by atoms with Crippen LogP contribution < -0.4 is 4.74 Å². The second kappa shape index (κ2) is 12.3. The molecule has 0 aromatic heterocycles. The van der Waals surface area contributed by atoms with Gasteiger partial charge in [0, 0.05) is 5.56 Å². The van der Waals surface area contributed by atoms with E-state index < -0.39 is 23.4 Å². The first kappa shape index (κ1) is 28.1. The van der Waals surface area contributed by atoms with Gasteiger partial charge in [-0.3, -0.25) is 0 Å². The van der Waals surface area contributed by atoms with Crippen molar-refractivity contribution in [3.05, 3.63) is 82.9 Å². The number of hydrogen-bond acceptors (Lipinski definition) is 1. The first-order valence-corrected chi connectivity index (χ1v) is 13.6. The first-order valence-electron chi connectivity index (χ1n) is 13.6. The lowest BCUT2D eigenvalue weighted by Gasteiger charge is -2.28. The Labute approximate surface area is 222 Å². The number of halogens is 5. The van der Waals surface area contributed by atoms with Gasteiger partial charge in [0.2, 0.25) is 5.82 Å². The summed E-state index contributed by atoms with van der Waals surface area (Å²) in [5, 5.41) is 0. The number of alkyl halides is 3. The highest BCUT2D eigenvalue weighted by Gasteiger charge is 2.30.